The summed E-state index contributed by atoms with van der Waals surface area (Å²) in [5, 5.41) is 6.41. The zero-order valence-corrected chi connectivity index (χ0v) is 15.7. The van der Waals surface area contributed by atoms with Gasteiger partial charge in [0.1, 0.15) is 0 Å². The number of benzene rings is 3. The highest BCUT2D eigenvalue weighted by molar-refractivity contribution is 5.78. The van der Waals surface area contributed by atoms with Crippen LogP contribution < -0.4 is 10.6 Å². The van der Waals surface area contributed by atoms with E-state index in [0.29, 0.717) is 6.54 Å². The lowest BCUT2D eigenvalue weighted by molar-refractivity contribution is -0.120. The normalized spacial score (nSPS) is 11.7. The van der Waals surface area contributed by atoms with Gasteiger partial charge >= 0.3 is 0 Å². The van der Waals surface area contributed by atoms with Crippen LogP contribution in [0.3, 0.4) is 0 Å². The van der Waals surface area contributed by atoms with Crippen LogP contribution in [-0.4, -0.2) is 19.0 Å². The third-order valence-corrected chi connectivity index (χ3v) is 4.59. The van der Waals surface area contributed by atoms with Gasteiger partial charge < -0.3 is 5.32 Å². The summed E-state index contributed by atoms with van der Waals surface area (Å²) in [4.78, 5) is 12.3. The molecule has 1 atom stereocenters. The van der Waals surface area contributed by atoms with E-state index in [-0.39, 0.29) is 18.5 Å². The predicted octanol–water partition coefficient (Wildman–Crippen LogP) is 4.03. The summed E-state index contributed by atoms with van der Waals surface area (Å²) >= 11 is 0. The van der Waals surface area contributed by atoms with E-state index in [9.17, 15) is 4.79 Å². The second-order valence-corrected chi connectivity index (χ2v) is 6.72. The molecular weight excluding hydrogens is 332 g/mol. The van der Waals surface area contributed by atoms with Gasteiger partial charge in [-0.05, 0) is 30.0 Å². The lowest BCUT2D eigenvalue weighted by Crippen LogP contribution is -2.37. The Kier molecular flexibility index (Phi) is 6.78. The van der Waals surface area contributed by atoms with Gasteiger partial charge in [0.2, 0.25) is 5.91 Å². The summed E-state index contributed by atoms with van der Waals surface area (Å²) in [6.45, 7) is 3.00. The first kappa shape index (κ1) is 18.9. The summed E-state index contributed by atoms with van der Waals surface area (Å²) in [5.74, 6) is 0.0129. The predicted molar refractivity (Wildman–Crippen MR) is 111 cm³/mol. The highest BCUT2D eigenvalue weighted by Crippen LogP contribution is 2.22. The molecule has 0 radical (unpaired) electrons. The van der Waals surface area contributed by atoms with Crippen molar-refractivity contribution in [2.75, 3.05) is 13.1 Å². The molecule has 0 aliphatic heterocycles. The van der Waals surface area contributed by atoms with Crippen LogP contribution in [-0.2, 0) is 11.2 Å². The molecule has 3 heteroatoms. The first-order chi connectivity index (χ1) is 13.2. The van der Waals surface area contributed by atoms with Crippen molar-refractivity contribution in [1.82, 2.24) is 10.6 Å². The molecule has 0 aromatic heterocycles. The van der Waals surface area contributed by atoms with E-state index < -0.39 is 0 Å². The lowest BCUT2D eigenvalue weighted by Gasteiger charge is -2.20. The molecular formula is C24H26N2O. The summed E-state index contributed by atoms with van der Waals surface area (Å²) in [5.41, 5.74) is 4.76. The highest BCUT2D eigenvalue weighted by Gasteiger charge is 2.14. The third-order valence-electron chi connectivity index (χ3n) is 4.59. The fraction of sp³-hybridized carbons (Fsp3) is 0.208. The van der Waals surface area contributed by atoms with Crippen LogP contribution in [0, 0.1) is 6.92 Å². The van der Waals surface area contributed by atoms with Crippen molar-refractivity contribution in [3.63, 3.8) is 0 Å². The van der Waals surface area contributed by atoms with Crippen LogP contribution in [0.5, 0.6) is 0 Å². The maximum Gasteiger partial charge on any atom is 0.233 e. The molecule has 27 heavy (non-hydrogen) atoms. The smallest absolute Gasteiger partial charge is 0.233 e. The van der Waals surface area contributed by atoms with Crippen molar-refractivity contribution in [2.24, 2.45) is 0 Å². The van der Waals surface area contributed by atoms with Crippen molar-refractivity contribution in [3.8, 4) is 0 Å². The first-order valence-electron chi connectivity index (χ1n) is 9.38. The number of nitrogens with one attached hydrogen (secondary N) is 2. The largest absolute Gasteiger partial charge is 0.355 e. The molecule has 0 fully saturated rings. The lowest BCUT2D eigenvalue weighted by atomic mass is 9.98. The number of aryl methyl sites for hydroxylation is 1. The quantitative estimate of drug-likeness (QED) is 0.638. The van der Waals surface area contributed by atoms with Crippen LogP contribution in [0.15, 0.2) is 84.9 Å². The topological polar surface area (TPSA) is 41.1 Å². The highest BCUT2D eigenvalue weighted by atomic mass is 16.1. The summed E-state index contributed by atoms with van der Waals surface area (Å²) in [7, 11) is 0. The molecule has 0 saturated carbocycles. The van der Waals surface area contributed by atoms with Gasteiger partial charge in [-0.2, -0.15) is 0 Å². The Labute approximate surface area is 161 Å². The molecule has 3 rings (SSSR count). The molecule has 0 bridgehead atoms. The first-order valence-corrected chi connectivity index (χ1v) is 9.38. The monoisotopic (exact) mass is 358 g/mol. The molecule has 1 amide bonds. The number of hydrogen-bond acceptors (Lipinski definition) is 2. The van der Waals surface area contributed by atoms with Gasteiger partial charge in [-0.25, -0.2) is 0 Å². The summed E-state index contributed by atoms with van der Waals surface area (Å²) in [6, 6.07) is 28.9. The SMILES string of the molecule is Cc1ccc([C@@H](NCC(=O)NCCc2ccccc2)c2ccccc2)cc1. The molecule has 0 heterocycles. The molecule has 0 unspecified atom stereocenters. The van der Waals surface area contributed by atoms with E-state index in [1.54, 1.807) is 0 Å². The van der Waals surface area contributed by atoms with E-state index >= 15 is 0 Å². The molecule has 138 valence electrons. The van der Waals surface area contributed by atoms with Crippen LogP contribution in [0.1, 0.15) is 28.3 Å². The van der Waals surface area contributed by atoms with E-state index in [0.717, 1.165) is 17.5 Å². The number of carbonyl (C=O) groups excluding carboxylic acids is 1. The average Bonchev–Trinajstić information content (AvgIpc) is 2.71. The van der Waals surface area contributed by atoms with Crippen molar-refractivity contribution < 1.29 is 4.79 Å². The molecule has 0 aliphatic rings. The molecule has 0 saturated heterocycles. The number of rotatable bonds is 8. The van der Waals surface area contributed by atoms with E-state index in [1.165, 1.54) is 11.1 Å². The van der Waals surface area contributed by atoms with Crippen molar-refractivity contribution in [2.45, 2.75) is 19.4 Å². The Morgan fingerprint density at radius 2 is 1.41 bits per heavy atom. The van der Waals surface area contributed by atoms with Gasteiger partial charge in [-0.15, -0.1) is 0 Å². The van der Waals surface area contributed by atoms with Gasteiger partial charge in [-0.1, -0.05) is 90.5 Å². The third kappa shape index (κ3) is 5.80. The molecule has 3 nitrogen and oxygen atoms in total. The minimum atomic E-state index is -0.00771. The minimum absolute atomic E-state index is 0.00771. The maximum absolute atomic E-state index is 12.3. The van der Waals surface area contributed by atoms with Crippen LogP contribution in [0.4, 0.5) is 0 Å². The minimum Gasteiger partial charge on any atom is -0.355 e. The zero-order valence-electron chi connectivity index (χ0n) is 15.7. The van der Waals surface area contributed by atoms with Gasteiger partial charge in [0, 0.05) is 6.54 Å². The number of hydrogen-bond donors (Lipinski definition) is 2. The molecule has 2 N–H and O–H groups in total. The maximum atomic E-state index is 12.3. The van der Waals surface area contributed by atoms with Crippen molar-refractivity contribution in [3.05, 3.63) is 107 Å². The number of carbonyl (C=O) groups is 1. The van der Waals surface area contributed by atoms with E-state index in [1.807, 2.05) is 36.4 Å². The zero-order chi connectivity index (χ0) is 18.9. The van der Waals surface area contributed by atoms with Gasteiger partial charge in [-0.3, -0.25) is 10.1 Å². The van der Waals surface area contributed by atoms with Gasteiger partial charge in [0.15, 0.2) is 0 Å². The molecule has 3 aromatic carbocycles. The Balaban J connectivity index is 1.57. The van der Waals surface area contributed by atoms with Gasteiger partial charge in [0.05, 0.1) is 12.6 Å². The fourth-order valence-electron chi connectivity index (χ4n) is 3.08. The van der Waals surface area contributed by atoms with Crippen LogP contribution in [0.25, 0.3) is 0 Å². The Bertz CT molecular complexity index is 829. The second-order valence-electron chi connectivity index (χ2n) is 6.72. The Hall–Kier alpha value is -2.91. The standard InChI is InChI=1S/C24H26N2O/c1-19-12-14-22(15-13-19)24(21-10-6-3-7-11-21)26-18-23(27)25-17-16-20-8-4-2-5-9-20/h2-15,24,26H,16-18H2,1H3,(H,25,27)/t24-/m0/s1. The van der Waals surface area contributed by atoms with Crippen LogP contribution in [0.2, 0.25) is 0 Å². The van der Waals surface area contributed by atoms with E-state index in [4.69, 9.17) is 0 Å². The van der Waals surface area contributed by atoms with Crippen molar-refractivity contribution in [1.29, 1.82) is 0 Å². The fourth-order valence-corrected chi connectivity index (χ4v) is 3.08. The molecule has 0 aliphatic carbocycles. The average molecular weight is 358 g/mol. The molecule has 0 spiro atoms. The summed E-state index contributed by atoms with van der Waals surface area (Å²) < 4.78 is 0. The second kappa shape index (κ2) is 9.70. The van der Waals surface area contributed by atoms with E-state index in [2.05, 4.69) is 66.1 Å². The van der Waals surface area contributed by atoms with Crippen LogP contribution >= 0.6 is 0 Å². The Morgan fingerprint density at radius 1 is 0.815 bits per heavy atom. The van der Waals surface area contributed by atoms with Crippen molar-refractivity contribution >= 4 is 5.91 Å². The Morgan fingerprint density at radius 3 is 2.07 bits per heavy atom. The van der Waals surface area contributed by atoms with Gasteiger partial charge in [0.25, 0.3) is 0 Å². The summed E-state index contributed by atoms with van der Waals surface area (Å²) in [6.07, 6.45) is 0.840. The number of amides is 1. The molecule has 3 aromatic rings.